The minimum Gasteiger partial charge on any atom is -0.496 e. The number of nitrogens with zero attached hydrogens (tertiary/aromatic N) is 3. The number of carbonyl (C=O) groups is 1. The molecule has 0 fully saturated rings. The largest absolute Gasteiger partial charge is 0.496 e. The quantitative estimate of drug-likeness (QED) is 0.660. The van der Waals surface area contributed by atoms with Crippen LogP contribution in [0.15, 0.2) is 53.3 Å². The highest BCUT2D eigenvalue weighted by atomic mass is 19.1. The number of carbonyl (C=O) groups excluding carboxylic acids is 1. The summed E-state index contributed by atoms with van der Waals surface area (Å²) in [6, 6.07) is 12.9. The minimum absolute atomic E-state index is 0.159. The molecule has 1 unspecified atom stereocenters. The number of aromatic nitrogens is 3. The van der Waals surface area contributed by atoms with E-state index in [1.165, 1.54) is 21.4 Å². The van der Waals surface area contributed by atoms with E-state index in [-0.39, 0.29) is 24.0 Å². The number of hydrogen-bond acceptors (Lipinski definition) is 4. The summed E-state index contributed by atoms with van der Waals surface area (Å²) >= 11 is 0. The smallest absolute Gasteiger partial charge is 0.346 e. The number of ether oxygens (including phenoxy) is 1. The summed E-state index contributed by atoms with van der Waals surface area (Å²) in [4.78, 5) is 26.2. The molecule has 7 nitrogen and oxygen atoms in total. The molecule has 0 saturated carbocycles. The van der Waals surface area contributed by atoms with Crippen molar-refractivity contribution in [2.45, 2.75) is 44.8 Å². The Morgan fingerprint density at radius 2 is 2.06 bits per heavy atom. The molecule has 1 aromatic heterocycles. The van der Waals surface area contributed by atoms with Crippen molar-refractivity contribution in [2.75, 3.05) is 7.11 Å². The van der Waals surface area contributed by atoms with Gasteiger partial charge in [0.25, 0.3) is 0 Å². The third-order valence-corrected chi connectivity index (χ3v) is 5.55. The van der Waals surface area contributed by atoms with Gasteiger partial charge in [0.05, 0.1) is 13.7 Å². The van der Waals surface area contributed by atoms with Crippen LogP contribution in [0.1, 0.15) is 42.3 Å². The summed E-state index contributed by atoms with van der Waals surface area (Å²) < 4.78 is 21.7. The number of rotatable bonds is 6. The fourth-order valence-corrected chi connectivity index (χ4v) is 4.01. The second-order valence-corrected chi connectivity index (χ2v) is 7.65. The van der Waals surface area contributed by atoms with Gasteiger partial charge in [0.15, 0.2) is 0 Å². The highest BCUT2D eigenvalue weighted by Crippen LogP contribution is 2.23. The predicted octanol–water partition coefficient (Wildman–Crippen LogP) is 2.82. The summed E-state index contributed by atoms with van der Waals surface area (Å²) in [5.41, 5.74) is 1.16. The summed E-state index contributed by atoms with van der Waals surface area (Å²) in [7, 11) is 1.59. The highest BCUT2D eigenvalue weighted by Gasteiger charge is 2.29. The number of amides is 1. The van der Waals surface area contributed by atoms with Crippen molar-refractivity contribution < 1.29 is 13.9 Å². The van der Waals surface area contributed by atoms with Gasteiger partial charge < -0.3 is 10.1 Å². The van der Waals surface area contributed by atoms with E-state index in [0.717, 1.165) is 18.4 Å². The normalized spacial score (nSPS) is 15.7. The Balaban J connectivity index is 1.56. The molecule has 2 heterocycles. The molecular weight excluding hydrogens is 399 g/mol. The summed E-state index contributed by atoms with van der Waals surface area (Å²) in [6.07, 6.45) is 2.88. The van der Waals surface area contributed by atoms with Crippen LogP contribution < -0.4 is 15.7 Å². The molecule has 31 heavy (non-hydrogen) atoms. The average Bonchev–Trinajstić information content (AvgIpc) is 2.94. The lowest BCUT2D eigenvalue weighted by Crippen LogP contribution is -2.38. The van der Waals surface area contributed by atoms with Crippen molar-refractivity contribution in [3.05, 3.63) is 81.8 Å². The molecule has 1 amide bonds. The highest BCUT2D eigenvalue weighted by molar-refractivity contribution is 5.80. The Hall–Kier alpha value is -3.42. The van der Waals surface area contributed by atoms with Crippen LogP contribution in [0.2, 0.25) is 0 Å². The zero-order valence-corrected chi connectivity index (χ0v) is 17.4. The zero-order chi connectivity index (χ0) is 21.8. The second-order valence-electron chi connectivity index (χ2n) is 7.65. The number of halogens is 1. The number of para-hydroxylation sites is 1. The van der Waals surface area contributed by atoms with Gasteiger partial charge in [-0.15, -0.1) is 0 Å². The molecule has 1 atom stereocenters. The first kappa shape index (κ1) is 20.8. The van der Waals surface area contributed by atoms with E-state index in [4.69, 9.17) is 4.74 Å². The fourth-order valence-electron chi connectivity index (χ4n) is 4.01. The van der Waals surface area contributed by atoms with E-state index in [0.29, 0.717) is 36.5 Å². The van der Waals surface area contributed by atoms with Crippen molar-refractivity contribution in [2.24, 2.45) is 0 Å². The Morgan fingerprint density at radius 1 is 1.23 bits per heavy atom. The topological polar surface area (TPSA) is 78.2 Å². The van der Waals surface area contributed by atoms with Gasteiger partial charge in [-0.1, -0.05) is 36.8 Å². The van der Waals surface area contributed by atoms with Crippen molar-refractivity contribution in [3.63, 3.8) is 0 Å². The number of methoxy groups -OCH3 is 1. The van der Waals surface area contributed by atoms with E-state index in [9.17, 15) is 14.0 Å². The van der Waals surface area contributed by atoms with Crippen molar-refractivity contribution >= 4 is 5.91 Å². The third-order valence-electron chi connectivity index (χ3n) is 5.55. The van der Waals surface area contributed by atoms with Gasteiger partial charge in [-0.05, 0) is 36.6 Å². The number of fused-ring (bicyclic) bond motifs is 1. The molecule has 8 heteroatoms. The Kier molecular flexibility index (Phi) is 6.16. The minimum atomic E-state index is -0.624. The second kappa shape index (κ2) is 9.16. The van der Waals surface area contributed by atoms with Crippen molar-refractivity contribution in [1.29, 1.82) is 0 Å². The lowest BCUT2D eigenvalue weighted by Gasteiger charge is -2.17. The summed E-state index contributed by atoms with van der Waals surface area (Å²) in [5.74, 6) is 0.710. The standard InChI is InChI=1S/C23H25FN4O3/c1-31-20-11-4-2-8-17(20)14-25-22(29)19-10-3-5-12-21-26-27(23(30)28(19)21)15-16-7-6-9-18(24)13-16/h2,4,6-9,11,13,19H,3,5,10,12,14-15H2,1H3,(H,25,29). The van der Waals surface area contributed by atoms with Crippen LogP contribution in [0.4, 0.5) is 4.39 Å². The molecule has 1 aliphatic heterocycles. The molecule has 0 spiro atoms. The lowest BCUT2D eigenvalue weighted by molar-refractivity contribution is -0.124. The zero-order valence-electron chi connectivity index (χ0n) is 17.4. The maximum Gasteiger partial charge on any atom is 0.346 e. The lowest BCUT2D eigenvalue weighted by atomic mass is 10.1. The molecule has 162 valence electrons. The van der Waals surface area contributed by atoms with E-state index in [1.807, 2.05) is 24.3 Å². The van der Waals surface area contributed by atoms with Crippen molar-refractivity contribution in [1.82, 2.24) is 19.7 Å². The first-order valence-corrected chi connectivity index (χ1v) is 10.4. The third kappa shape index (κ3) is 4.52. The van der Waals surface area contributed by atoms with Gasteiger partial charge in [0, 0.05) is 18.5 Å². The average molecular weight is 424 g/mol. The van der Waals surface area contributed by atoms with Crippen LogP contribution in [-0.2, 0) is 24.3 Å². The van der Waals surface area contributed by atoms with Crippen LogP contribution in [-0.4, -0.2) is 27.4 Å². The number of benzene rings is 2. The van der Waals surface area contributed by atoms with Gasteiger partial charge in [-0.25, -0.2) is 13.9 Å². The van der Waals surface area contributed by atoms with Gasteiger partial charge in [-0.3, -0.25) is 9.36 Å². The van der Waals surface area contributed by atoms with Gasteiger partial charge in [-0.2, -0.15) is 5.10 Å². The van der Waals surface area contributed by atoms with Crippen LogP contribution >= 0.6 is 0 Å². The van der Waals surface area contributed by atoms with E-state index in [2.05, 4.69) is 10.4 Å². The molecule has 4 rings (SSSR count). The van der Waals surface area contributed by atoms with Gasteiger partial charge >= 0.3 is 5.69 Å². The SMILES string of the molecule is COc1ccccc1CNC(=O)C1CCCCc2nn(Cc3cccc(F)c3)c(=O)n21. The van der Waals surface area contributed by atoms with E-state index >= 15 is 0 Å². The first-order chi connectivity index (χ1) is 15.1. The van der Waals surface area contributed by atoms with Gasteiger partial charge in [0.1, 0.15) is 23.4 Å². The molecule has 3 aromatic rings. The van der Waals surface area contributed by atoms with Crippen LogP contribution in [0, 0.1) is 5.82 Å². The molecule has 1 N–H and O–H groups in total. The summed E-state index contributed by atoms with van der Waals surface area (Å²) in [6.45, 7) is 0.465. The van der Waals surface area contributed by atoms with Crippen LogP contribution in [0.5, 0.6) is 5.75 Å². The maximum absolute atomic E-state index is 13.5. The first-order valence-electron chi connectivity index (χ1n) is 10.4. The predicted molar refractivity (Wildman–Crippen MR) is 113 cm³/mol. The van der Waals surface area contributed by atoms with E-state index in [1.54, 1.807) is 19.2 Å². The van der Waals surface area contributed by atoms with Gasteiger partial charge in [0.2, 0.25) is 5.91 Å². The Labute approximate surface area is 179 Å². The molecule has 0 saturated heterocycles. The van der Waals surface area contributed by atoms with E-state index < -0.39 is 6.04 Å². The number of aryl methyl sites for hydroxylation is 1. The molecule has 0 radical (unpaired) electrons. The van der Waals surface area contributed by atoms with Crippen LogP contribution in [0.3, 0.4) is 0 Å². The molecular formula is C23H25FN4O3. The molecule has 2 aromatic carbocycles. The Morgan fingerprint density at radius 3 is 2.87 bits per heavy atom. The molecule has 0 bridgehead atoms. The number of hydrogen-bond donors (Lipinski definition) is 1. The van der Waals surface area contributed by atoms with Crippen molar-refractivity contribution in [3.8, 4) is 5.75 Å². The number of nitrogens with one attached hydrogen (secondary N) is 1. The fraction of sp³-hybridized carbons (Fsp3) is 0.348. The van der Waals surface area contributed by atoms with Crippen LogP contribution in [0.25, 0.3) is 0 Å². The Bertz CT molecular complexity index is 1140. The molecule has 1 aliphatic rings. The maximum atomic E-state index is 13.5. The monoisotopic (exact) mass is 424 g/mol. The summed E-state index contributed by atoms with van der Waals surface area (Å²) in [5, 5.41) is 7.40. The molecule has 0 aliphatic carbocycles.